The van der Waals surface area contributed by atoms with E-state index in [2.05, 4.69) is 46.8 Å². The van der Waals surface area contributed by atoms with Gasteiger partial charge in [0.25, 0.3) is 0 Å². The third-order valence-electron chi connectivity index (χ3n) is 4.27. The van der Waals surface area contributed by atoms with Gasteiger partial charge in [0.1, 0.15) is 11.5 Å². The molecule has 1 aliphatic heterocycles. The third-order valence-corrected chi connectivity index (χ3v) is 4.27. The standard InChI is InChI=1S/C20H28O2/c1-7-9-18-16(13(3)21)12-15-10-14(8-2)11-17(19(15)22-18)20(4,5)6/h10-11H,7-9,12H2,1-6H3. The Hall–Kier alpha value is -1.57. The van der Waals surface area contributed by atoms with Crippen molar-refractivity contribution < 1.29 is 9.53 Å². The van der Waals surface area contributed by atoms with Crippen molar-refractivity contribution in [3.8, 4) is 5.75 Å². The first-order chi connectivity index (χ1) is 10.3. The molecule has 0 saturated carbocycles. The summed E-state index contributed by atoms with van der Waals surface area (Å²) in [5, 5.41) is 0. The van der Waals surface area contributed by atoms with Crippen molar-refractivity contribution in [2.24, 2.45) is 0 Å². The van der Waals surface area contributed by atoms with E-state index in [1.54, 1.807) is 6.92 Å². The number of hydrogen-bond donors (Lipinski definition) is 0. The van der Waals surface area contributed by atoms with Crippen LogP contribution in [0.3, 0.4) is 0 Å². The number of carbonyl (C=O) groups excluding carboxylic acids is 1. The number of aryl methyl sites for hydroxylation is 1. The number of allylic oxidation sites excluding steroid dienone is 2. The molecule has 1 aliphatic rings. The van der Waals surface area contributed by atoms with E-state index in [9.17, 15) is 4.79 Å². The fourth-order valence-electron chi connectivity index (χ4n) is 2.99. The van der Waals surface area contributed by atoms with Crippen molar-refractivity contribution in [2.75, 3.05) is 0 Å². The fraction of sp³-hybridized carbons (Fsp3) is 0.550. The van der Waals surface area contributed by atoms with E-state index >= 15 is 0 Å². The highest BCUT2D eigenvalue weighted by molar-refractivity contribution is 5.94. The Morgan fingerprint density at radius 1 is 1.23 bits per heavy atom. The van der Waals surface area contributed by atoms with E-state index in [0.717, 1.165) is 41.9 Å². The molecule has 120 valence electrons. The van der Waals surface area contributed by atoms with Crippen LogP contribution in [0.1, 0.15) is 71.1 Å². The summed E-state index contributed by atoms with van der Waals surface area (Å²) >= 11 is 0. The second-order valence-electron chi connectivity index (χ2n) is 7.22. The molecular formula is C20H28O2. The van der Waals surface area contributed by atoms with Gasteiger partial charge in [-0.1, -0.05) is 46.8 Å². The first kappa shape index (κ1) is 16.8. The topological polar surface area (TPSA) is 26.3 Å². The summed E-state index contributed by atoms with van der Waals surface area (Å²) in [6, 6.07) is 4.47. The van der Waals surface area contributed by atoms with Crippen molar-refractivity contribution >= 4 is 5.78 Å². The molecule has 0 amide bonds. The first-order valence-electron chi connectivity index (χ1n) is 8.35. The van der Waals surface area contributed by atoms with Crippen LogP contribution in [0, 0.1) is 0 Å². The number of benzene rings is 1. The minimum atomic E-state index is 0.0281. The summed E-state index contributed by atoms with van der Waals surface area (Å²) in [4.78, 5) is 12.0. The minimum absolute atomic E-state index is 0.0281. The van der Waals surface area contributed by atoms with E-state index < -0.39 is 0 Å². The molecule has 0 unspecified atom stereocenters. The Morgan fingerprint density at radius 2 is 1.91 bits per heavy atom. The monoisotopic (exact) mass is 300 g/mol. The van der Waals surface area contributed by atoms with Crippen molar-refractivity contribution in [3.05, 3.63) is 40.2 Å². The molecular weight excluding hydrogens is 272 g/mol. The molecule has 1 aromatic rings. The molecule has 0 saturated heterocycles. The number of hydrogen-bond acceptors (Lipinski definition) is 2. The molecule has 0 atom stereocenters. The van der Waals surface area contributed by atoms with Crippen LogP contribution < -0.4 is 4.74 Å². The number of rotatable bonds is 4. The third kappa shape index (κ3) is 3.26. The summed E-state index contributed by atoms with van der Waals surface area (Å²) < 4.78 is 6.26. The van der Waals surface area contributed by atoms with Gasteiger partial charge in [0.15, 0.2) is 5.78 Å². The lowest BCUT2D eigenvalue weighted by Gasteiger charge is -2.30. The molecule has 2 heteroatoms. The SMILES string of the molecule is CCCC1=C(C(C)=O)Cc2cc(CC)cc(C(C)(C)C)c2O1. The average molecular weight is 300 g/mol. The van der Waals surface area contributed by atoms with Gasteiger partial charge in [-0.05, 0) is 36.3 Å². The zero-order valence-electron chi connectivity index (χ0n) is 14.8. The van der Waals surface area contributed by atoms with E-state index in [4.69, 9.17) is 4.74 Å². The molecule has 2 rings (SSSR count). The Bertz CT molecular complexity index is 615. The molecule has 0 fully saturated rings. The highest BCUT2D eigenvalue weighted by Gasteiger charge is 2.28. The normalized spacial score (nSPS) is 14.6. The molecule has 0 N–H and O–H groups in total. The van der Waals surface area contributed by atoms with Crippen molar-refractivity contribution in [1.29, 1.82) is 0 Å². The van der Waals surface area contributed by atoms with E-state index in [1.165, 1.54) is 11.1 Å². The zero-order chi connectivity index (χ0) is 16.5. The molecule has 22 heavy (non-hydrogen) atoms. The van der Waals surface area contributed by atoms with Crippen LogP contribution >= 0.6 is 0 Å². The van der Waals surface area contributed by atoms with Gasteiger partial charge in [0.05, 0.1) is 0 Å². The Labute approximate surface area is 134 Å². The molecule has 0 aliphatic carbocycles. The van der Waals surface area contributed by atoms with Crippen LogP contribution in [0.5, 0.6) is 5.75 Å². The summed E-state index contributed by atoms with van der Waals surface area (Å²) in [6.07, 6.45) is 3.51. The molecule has 0 aromatic heterocycles. The number of ether oxygens (including phenoxy) is 1. The smallest absolute Gasteiger partial charge is 0.159 e. The van der Waals surface area contributed by atoms with Crippen LogP contribution in [0.25, 0.3) is 0 Å². The molecule has 0 radical (unpaired) electrons. The zero-order valence-corrected chi connectivity index (χ0v) is 14.8. The van der Waals surface area contributed by atoms with Crippen LogP contribution in [-0.4, -0.2) is 5.78 Å². The predicted molar refractivity (Wildman–Crippen MR) is 91.5 cm³/mol. The lowest BCUT2D eigenvalue weighted by Crippen LogP contribution is -2.21. The maximum absolute atomic E-state index is 12.0. The van der Waals surface area contributed by atoms with Gasteiger partial charge in [0, 0.05) is 24.0 Å². The summed E-state index contributed by atoms with van der Waals surface area (Å²) in [6.45, 7) is 12.6. The molecule has 1 heterocycles. The first-order valence-corrected chi connectivity index (χ1v) is 8.35. The van der Waals surface area contributed by atoms with Gasteiger partial charge < -0.3 is 4.74 Å². The Balaban J connectivity index is 2.59. The second kappa shape index (κ2) is 6.28. The van der Waals surface area contributed by atoms with E-state index in [1.807, 2.05) is 0 Å². The summed E-state index contributed by atoms with van der Waals surface area (Å²) in [5.41, 5.74) is 4.60. The summed E-state index contributed by atoms with van der Waals surface area (Å²) in [5.74, 6) is 1.99. The maximum atomic E-state index is 12.0. The Morgan fingerprint density at radius 3 is 2.41 bits per heavy atom. The largest absolute Gasteiger partial charge is 0.461 e. The fourth-order valence-corrected chi connectivity index (χ4v) is 2.99. The van der Waals surface area contributed by atoms with Gasteiger partial charge in [-0.15, -0.1) is 0 Å². The highest BCUT2D eigenvalue weighted by atomic mass is 16.5. The number of Topliss-reactive ketones (excluding diaryl/α,β-unsaturated/α-hetero) is 1. The van der Waals surface area contributed by atoms with E-state index in [0.29, 0.717) is 6.42 Å². The number of fused-ring (bicyclic) bond motifs is 1. The highest BCUT2D eigenvalue weighted by Crippen LogP contribution is 2.41. The second-order valence-corrected chi connectivity index (χ2v) is 7.22. The Kier molecular flexibility index (Phi) is 4.79. The number of ketones is 1. The van der Waals surface area contributed by atoms with Crippen LogP contribution in [0.4, 0.5) is 0 Å². The van der Waals surface area contributed by atoms with Crippen LogP contribution in [0.15, 0.2) is 23.5 Å². The minimum Gasteiger partial charge on any atom is -0.461 e. The van der Waals surface area contributed by atoms with Gasteiger partial charge in [-0.25, -0.2) is 0 Å². The van der Waals surface area contributed by atoms with Crippen molar-refractivity contribution in [3.63, 3.8) is 0 Å². The number of carbonyl (C=O) groups is 1. The summed E-state index contributed by atoms with van der Waals surface area (Å²) in [7, 11) is 0. The van der Waals surface area contributed by atoms with Gasteiger partial charge in [0.2, 0.25) is 0 Å². The average Bonchev–Trinajstić information content (AvgIpc) is 2.44. The quantitative estimate of drug-likeness (QED) is 0.771. The van der Waals surface area contributed by atoms with Crippen molar-refractivity contribution in [2.45, 2.75) is 72.6 Å². The van der Waals surface area contributed by atoms with Crippen LogP contribution in [0.2, 0.25) is 0 Å². The molecule has 2 nitrogen and oxygen atoms in total. The van der Waals surface area contributed by atoms with Gasteiger partial charge in [-0.3, -0.25) is 4.79 Å². The predicted octanol–water partition coefficient (Wildman–Crippen LogP) is 5.12. The lowest BCUT2D eigenvalue weighted by atomic mass is 9.81. The van der Waals surface area contributed by atoms with Gasteiger partial charge >= 0.3 is 0 Å². The van der Waals surface area contributed by atoms with E-state index in [-0.39, 0.29) is 11.2 Å². The van der Waals surface area contributed by atoms with Gasteiger partial charge in [-0.2, -0.15) is 0 Å². The molecule has 0 spiro atoms. The molecule has 1 aromatic carbocycles. The lowest BCUT2D eigenvalue weighted by molar-refractivity contribution is -0.113. The van der Waals surface area contributed by atoms with Crippen molar-refractivity contribution in [1.82, 2.24) is 0 Å². The molecule has 0 bridgehead atoms. The maximum Gasteiger partial charge on any atom is 0.159 e. The van der Waals surface area contributed by atoms with Crippen LogP contribution in [-0.2, 0) is 23.1 Å².